The number of aldehydes is 1. The molecule has 160 valence electrons. The van der Waals surface area contributed by atoms with Crippen LogP contribution in [0.15, 0.2) is 54.7 Å². The molecule has 0 spiro atoms. The van der Waals surface area contributed by atoms with Crippen LogP contribution in [-0.2, 0) is 11.0 Å². The van der Waals surface area contributed by atoms with Crippen molar-refractivity contribution in [3.05, 3.63) is 76.4 Å². The van der Waals surface area contributed by atoms with E-state index in [9.17, 15) is 27.9 Å². The van der Waals surface area contributed by atoms with Crippen molar-refractivity contribution in [2.24, 2.45) is 0 Å². The van der Waals surface area contributed by atoms with Gasteiger partial charge in [-0.05, 0) is 35.9 Å². The number of pyridine rings is 1. The smallest absolute Gasteiger partial charge is 0.383 e. The lowest BCUT2D eigenvalue weighted by Gasteiger charge is -2.15. The molecular formula is C21H15ClF3N3O3. The Morgan fingerprint density at radius 2 is 1.94 bits per heavy atom. The lowest BCUT2D eigenvalue weighted by Crippen LogP contribution is -2.21. The Balaban J connectivity index is 1.80. The minimum Gasteiger partial charge on any atom is -0.383 e. The molecule has 4 N–H and O–H groups in total. The number of aromatic nitrogens is 1. The normalized spacial score (nSPS) is 12.3. The number of hydrogen-bond acceptors (Lipinski definition) is 5. The highest BCUT2D eigenvalue weighted by molar-refractivity contribution is 6.33. The van der Waals surface area contributed by atoms with Crippen LogP contribution in [0.25, 0.3) is 11.1 Å². The van der Waals surface area contributed by atoms with E-state index in [4.69, 9.17) is 17.3 Å². The number of alkyl halides is 3. The summed E-state index contributed by atoms with van der Waals surface area (Å²) in [7, 11) is 0. The van der Waals surface area contributed by atoms with Gasteiger partial charge < -0.3 is 16.2 Å². The summed E-state index contributed by atoms with van der Waals surface area (Å²) in [6, 6.07) is 9.80. The van der Waals surface area contributed by atoms with E-state index in [0.29, 0.717) is 23.5 Å². The largest absolute Gasteiger partial charge is 0.416 e. The number of amides is 1. The van der Waals surface area contributed by atoms with Crippen LogP contribution in [0.4, 0.5) is 24.7 Å². The van der Waals surface area contributed by atoms with Gasteiger partial charge in [0.25, 0.3) is 5.91 Å². The van der Waals surface area contributed by atoms with Crippen LogP contribution < -0.4 is 11.1 Å². The quantitative estimate of drug-likeness (QED) is 0.498. The zero-order valence-corrected chi connectivity index (χ0v) is 16.4. The summed E-state index contributed by atoms with van der Waals surface area (Å²) in [5, 5.41) is 12.8. The van der Waals surface area contributed by atoms with Gasteiger partial charge in [0.05, 0.1) is 16.1 Å². The molecule has 0 radical (unpaired) electrons. The van der Waals surface area contributed by atoms with Gasteiger partial charge in [0.15, 0.2) is 12.4 Å². The number of carbonyl (C=O) groups excluding carboxylic acids is 2. The van der Waals surface area contributed by atoms with Crippen LogP contribution in [0.2, 0.25) is 5.02 Å². The monoisotopic (exact) mass is 449 g/mol. The number of carbonyl (C=O) groups is 2. The first kappa shape index (κ1) is 22.3. The summed E-state index contributed by atoms with van der Waals surface area (Å²) < 4.78 is 38.5. The van der Waals surface area contributed by atoms with Gasteiger partial charge in [-0.3, -0.25) is 9.59 Å². The summed E-state index contributed by atoms with van der Waals surface area (Å²) in [5.74, 6) is -0.858. The molecule has 6 nitrogen and oxygen atoms in total. The highest BCUT2D eigenvalue weighted by atomic mass is 35.5. The standard InChI is InChI=1S/C21H15ClF3N3O3/c22-17-8-15(4-5-16(17)12-6-13(10-29)19(26)27-9-12)28-20(31)18(30)11-2-1-3-14(7-11)21(23,24)25/h1-10,18,30H,(H2,26,27)(H,28,31). The number of nitrogens with two attached hydrogens (primary N) is 1. The molecule has 0 aliphatic rings. The number of benzene rings is 2. The maximum absolute atomic E-state index is 12.8. The third kappa shape index (κ3) is 5.01. The van der Waals surface area contributed by atoms with E-state index in [1.165, 1.54) is 30.5 Å². The SMILES string of the molecule is Nc1ncc(-c2ccc(NC(=O)C(O)c3cccc(C(F)(F)F)c3)cc2Cl)cc1C=O. The van der Waals surface area contributed by atoms with Crippen LogP contribution in [-0.4, -0.2) is 22.3 Å². The van der Waals surface area contributed by atoms with Crippen molar-refractivity contribution in [3.8, 4) is 11.1 Å². The highest BCUT2D eigenvalue weighted by Crippen LogP contribution is 2.33. The molecule has 0 bridgehead atoms. The van der Waals surface area contributed by atoms with Crippen LogP contribution in [0.1, 0.15) is 27.6 Å². The number of rotatable bonds is 5. The van der Waals surface area contributed by atoms with Crippen molar-refractivity contribution in [2.75, 3.05) is 11.1 Å². The summed E-state index contributed by atoms with van der Waals surface area (Å²) in [6.07, 6.45) is -4.43. The van der Waals surface area contributed by atoms with Crippen LogP contribution in [0.3, 0.4) is 0 Å². The van der Waals surface area contributed by atoms with E-state index >= 15 is 0 Å². The van der Waals surface area contributed by atoms with Gasteiger partial charge in [-0.2, -0.15) is 13.2 Å². The molecule has 1 unspecified atom stereocenters. The highest BCUT2D eigenvalue weighted by Gasteiger charge is 2.31. The van der Waals surface area contributed by atoms with Gasteiger partial charge in [-0.25, -0.2) is 4.98 Å². The molecule has 0 saturated heterocycles. The topological polar surface area (TPSA) is 105 Å². The number of hydrogen-bond donors (Lipinski definition) is 3. The molecule has 1 heterocycles. The van der Waals surface area contributed by atoms with Gasteiger partial charge in [0.2, 0.25) is 0 Å². The number of aliphatic hydroxyl groups is 1. The number of anilines is 2. The minimum absolute atomic E-state index is 0.0716. The average molecular weight is 450 g/mol. The molecular weight excluding hydrogens is 435 g/mol. The molecule has 0 saturated carbocycles. The molecule has 3 rings (SSSR count). The van der Waals surface area contributed by atoms with E-state index in [-0.39, 0.29) is 27.7 Å². The predicted octanol–water partition coefficient (Wildman–Crippen LogP) is 4.49. The van der Waals surface area contributed by atoms with Gasteiger partial charge in [-0.15, -0.1) is 0 Å². The van der Waals surface area contributed by atoms with Crippen LogP contribution in [0.5, 0.6) is 0 Å². The first-order chi connectivity index (χ1) is 14.6. The zero-order chi connectivity index (χ0) is 22.8. The molecule has 1 aromatic heterocycles. The Morgan fingerprint density at radius 1 is 1.19 bits per heavy atom. The molecule has 0 aliphatic heterocycles. The molecule has 0 fully saturated rings. The minimum atomic E-state index is -4.60. The third-order valence-corrected chi connectivity index (χ3v) is 4.71. The van der Waals surface area contributed by atoms with Crippen LogP contribution in [0, 0.1) is 0 Å². The van der Waals surface area contributed by atoms with Crippen LogP contribution >= 0.6 is 11.6 Å². The van der Waals surface area contributed by atoms with Crippen molar-refractivity contribution < 1.29 is 27.9 Å². The number of nitrogens with one attached hydrogen (secondary N) is 1. The third-order valence-electron chi connectivity index (χ3n) is 4.40. The number of nitrogen functional groups attached to an aromatic ring is 1. The fourth-order valence-electron chi connectivity index (χ4n) is 2.81. The summed E-state index contributed by atoms with van der Waals surface area (Å²) >= 11 is 6.26. The second kappa shape index (κ2) is 8.75. The van der Waals surface area contributed by atoms with E-state index in [1.54, 1.807) is 6.07 Å². The molecule has 31 heavy (non-hydrogen) atoms. The summed E-state index contributed by atoms with van der Waals surface area (Å²) in [4.78, 5) is 27.3. The van der Waals surface area contributed by atoms with E-state index in [0.717, 1.165) is 12.1 Å². The Kier molecular flexibility index (Phi) is 6.28. The molecule has 10 heteroatoms. The Hall–Kier alpha value is -3.43. The molecule has 0 aliphatic carbocycles. The second-order valence-corrected chi connectivity index (χ2v) is 6.93. The predicted molar refractivity (Wildman–Crippen MR) is 110 cm³/mol. The van der Waals surface area contributed by atoms with Crippen molar-refractivity contribution in [1.82, 2.24) is 4.98 Å². The molecule has 1 atom stereocenters. The maximum atomic E-state index is 12.8. The number of nitrogens with zero attached hydrogens (tertiary/aromatic N) is 1. The molecule has 2 aromatic carbocycles. The van der Waals surface area contributed by atoms with E-state index in [1.807, 2.05) is 0 Å². The zero-order valence-electron chi connectivity index (χ0n) is 15.7. The Labute approximate surface area is 179 Å². The number of halogens is 4. The van der Waals surface area contributed by atoms with Crippen molar-refractivity contribution >= 4 is 35.3 Å². The Bertz CT molecular complexity index is 1150. The van der Waals surface area contributed by atoms with Crippen molar-refractivity contribution in [1.29, 1.82) is 0 Å². The lowest BCUT2D eigenvalue weighted by molar-refractivity contribution is -0.138. The average Bonchev–Trinajstić information content (AvgIpc) is 2.73. The van der Waals surface area contributed by atoms with E-state index < -0.39 is 23.8 Å². The van der Waals surface area contributed by atoms with E-state index in [2.05, 4.69) is 10.3 Å². The van der Waals surface area contributed by atoms with Crippen molar-refractivity contribution in [2.45, 2.75) is 12.3 Å². The van der Waals surface area contributed by atoms with Crippen molar-refractivity contribution in [3.63, 3.8) is 0 Å². The maximum Gasteiger partial charge on any atom is 0.416 e. The van der Waals surface area contributed by atoms with Gasteiger partial charge in [0.1, 0.15) is 5.82 Å². The fraction of sp³-hybridized carbons (Fsp3) is 0.0952. The molecule has 3 aromatic rings. The first-order valence-corrected chi connectivity index (χ1v) is 9.14. The van der Waals surface area contributed by atoms with Gasteiger partial charge in [-0.1, -0.05) is 29.8 Å². The lowest BCUT2D eigenvalue weighted by atomic mass is 10.0. The van der Waals surface area contributed by atoms with Gasteiger partial charge in [0, 0.05) is 23.0 Å². The van der Waals surface area contributed by atoms with Gasteiger partial charge >= 0.3 is 6.18 Å². The molecule has 1 amide bonds. The fourth-order valence-corrected chi connectivity index (χ4v) is 3.10. The summed E-state index contributed by atoms with van der Waals surface area (Å²) in [5.41, 5.74) is 5.84. The summed E-state index contributed by atoms with van der Waals surface area (Å²) in [6.45, 7) is 0. The Morgan fingerprint density at radius 3 is 2.58 bits per heavy atom. The first-order valence-electron chi connectivity index (χ1n) is 8.77. The second-order valence-electron chi connectivity index (χ2n) is 6.53. The number of aliphatic hydroxyl groups excluding tert-OH is 1.